The topological polar surface area (TPSA) is 40.5 Å². The summed E-state index contributed by atoms with van der Waals surface area (Å²) in [5, 5.41) is 19.0. The van der Waals surface area contributed by atoms with Gasteiger partial charge in [0.15, 0.2) is 0 Å². The van der Waals surface area contributed by atoms with Crippen LogP contribution in [-0.2, 0) is 0 Å². The van der Waals surface area contributed by atoms with E-state index in [2.05, 4.69) is 13.8 Å². The molecule has 0 rings (SSSR count). The summed E-state index contributed by atoms with van der Waals surface area (Å²) < 4.78 is 0. The van der Waals surface area contributed by atoms with E-state index < -0.39 is 0 Å². The van der Waals surface area contributed by atoms with E-state index in [-0.39, 0.29) is 12.2 Å². The molecule has 0 radical (unpaired) electrons. The van der Waals surface area contributed by atoms with Crippen molar-refractivity contribution < 1.29 is 10.2 Å². The van der Waals surface area contributed by atoms with Gasteiger partial charge in [0.1, 0.15) is 0 Å². The van der Waals surface area contributed by atoms with Crippen molar-refractivity contribution in [3.8, 4) is 0 Å². The second kappa shape index (κ2) is 7.34. The van der Waals surface area contributed by atoms with Crippen LogP contribution in [0.2, 0.25) is 0 Å². The molecule has 2 N–H and O–H groups in total. The van der Waals surface area contributed by atoms with Crippen molar-refractivity contribution in [3.05, 3.63) is 0 Å². The Morgan fingerprint density at radius 2 is 1.77 bits per heavy atom. The zero-order chi connectivity index (χ0) is 10.3. The highest BCUT2D eigenvalue weighted by molar-refractivity contribution is 4.68. The molecule has 0 amide bonds. The van der Waals surface area contributed by atoms with Gasteiger partial charge in [0.25, 0.3) is 0 Å². The van der Waals surface area contributed by atoms with Crippen LogP contribution in [0.1, 0.15) is 52.9 Å². The van der Waals surface area contributed by atoms with Gasteiger partial charge in [-0.1, -0.05) is 33.6 Å². The first-order valence-electron chi connectivity index (χ1n) is 5.47. The van der Waals surface area contributed by atoms with Crippen LogP contribution in [0.3, 0.4) is 0 Å². The predicted octanol–water partition coefficient (Wildman–Crippen LogP) is 2.33. The Kier molecular flexibility index (Phi) is 7.29. The smallest absolute Gasteiger partial charge is 0.0590 e. The molecule has 80 valence electrons. The molecule has 0 aliphatic rings. The third kappa shape index (κ3) is 6.05. The Balaban J connectivity index is 3.61. The summed E-state index contributed by atoms with van der Waals surface area (Å²) in [5.41, 5.74) is 0. The molecule has 0 aromatic heterocycles. The molecule has 0 aromatic carbocycles. The van der Waals surface area contributed by atoms with Crippen LogP contribution in [0, 0.1) is 5.92 Å². The van der Waals surface area contributed by atoms with Gasteiger partial charge in [0.05, 0.1) is 12.2 Å². The van der Waals surface area contributed by atoms with Gasteiger partial charge in [-0.2, -0.15) is 0 Å². The number of hydrogen-bond donors (Lipinski definition) is 2. The molecule has 0 spiro atoms. The Hall–Kier alpha value is -0.0800. The van der Waals surface area contributed by atoms with Crippen molar-refractivity contribution in [3.63, 3.8) is 0 Å². The molecule has 13 heavy (non-hydrogen) atoms. The van der Waals surface area contributed by atoms with E-state index in [9.17, 15) is 10.2 Å². The lowest BCUT2D eigenvalue weighted by molar-refractivity contribution is 0.0441. The van der Waals surface area contributed by atoms with E-state index >= 15 is 0 Å². The van der Waals surface area contributed by atoms with Gasteiger partial charge in [-0.15, -0.1) is 0 Å². The highest BCUT2D eigenvalue weighted by atomic mass is 16.3. The Morgan fingerprint density at radius 3 is 2.23 bits per heavy atom. The summed E-state index contributed by atoms with van der Waals surface area (Å²) in [4.78, 5) is 0. The summed E-state index contributed by atoms with van der Waals surface area (Å²) in [6.45, 7) is 6.15. The maximum atomic E-state index is 9.69. The molecule has 3 unspecified atom stereocenters. The van der Waals surface area contributed by atoms with Crippen molar-refractivity contribution >= 4 is 0 Å². The third-order valence-electron chi connectivity index (χ3n) is 2.65. The highest BCUT2D eigenvalue weighted by Gasteiger charge is 2.16. The summed E-state index contributed by atoms with van der Waals surface area (Å²) in [5.74, 6) is 0.321. The lowest BCUT2D eigenvalue weighted by Crippen LogP contribution is -2.23. The van der Waals surface area contributed by atoms with Crippen molar-refractivity contribution in [2.24, 2.45) is 5.92 Å². The monoisotopic (exact) mass is 188 g/mol. The van der Waals surface area contributed by atoms with E-state index in [0.29, 0.717) is 12.3 Å². The molecule has 3 atom stereocenters. The summed E-state index contributed by atoms with van der Waals surface area (Å²) in [6, 6.07) is 0. The van der Waals surface area contributed by atoms with Crippen molar-refractivity contribution in [1.82, 2.24) is 0 Å². The average molecular weight is 188 g/mol. The molecule has 0 aliphatic carbocycles. The fourth-order valence-corrected chi connectivity index (χ4v) is 1.40. The minimum Gasteiger partial charge on any atom is -0.393 e. The molecular weight excluding hydrogens is 164 g/mol. The zero-order valence-electron chi connectivity index (χ0n) is 9.16. The van der Waals surface area contributed by atoms with Gasteiger partial charge in [-0.3, -0.25) is 0 Å². The summed E-state index contributed by atoms with van der Waals surface area (Å²) in [6.07, 6.45) is 4.00. The van der Waals surface area contributed by atoms with E-state index in [4.69, 9.17) is 0 Å². The predicted molar refractivity (Wildman–Crippen MR) is 55.6 cm³/mol. The molecule has 2 nitrogen and oxygen atoms in total. The van der Waals surface area contributed by atoms with Gasteiger partial charge < -0.3 is 10.2 Å². The fraction of sp³-hybridized carbons (Fsp3) is 1.00. The molecule has 0 heterocycles. The highest BCUT2D eigenvalue weighted by Crippen LogP contribution is 2.16. The van der Waals surface area contributed by atoms with Crippen LogP contribution < -0.4 is 0 Å². The zero-order valence-corrected chi connectivity index (χ0v) is 9.16. The van der Waals surface area contributed by atoms with Crippen LogP contribution in [0.15, 0.2) is 0 Å². The quantitative estimate of drug-likeness (QED) is 0.644. The number of aliphatic hydroxyl groups excluding tert-OH is 2. The Bertz CT molecular complexity index is 115. The van der Waals surface area contributed by atoms with Crippen LogP contribution >= 0.6 is 0 Å². The second-order valence-electron chi connectivity index (χ2n) is 3.98. The normalized spacial score (nSPS) is 18.2. The second-order valence-corrected chi connectivity index (χ2v) is 3.98. The van der Waals surface area contributed by atoms with Crippen molar-refractivity contribution in [2.45, 2.75) is 65.1 Å². The largest absolute Gasteiger partial charge is 0.393 e. The van der Waals surface area contributed by atoms with Crippen molar-refractivity contribution in [1.29, 1.82) is 0 Å². The minimum absolute atomic E-state index is 0.321. The van der Waals surface area contributed by atoms with Gasteiger partial charge in [-0.05, 0) is 25.2 Å². The number of rotatable bonds is 7. The Morgan fingerprint density at radius 1 is 1.15 bits per heavy atom. The summed E-state index contributed by atoms with van der Waals surface area (Å²) >= 11 is 0. The summed E-state index contributed by atoms with van der Waals surface area (Å²) in [7, 11) is 0. The maximum Gasteiger partial charge on any atom is 0.0590 e. The van der Waals surface area contributed by atoms with E-state index in [0.717, 1.165) is 12.8 Å². The van der Waals surface area contributed by atoms with E-state index in [1.165, 1.54) is 12.8 Å². The van der Waals surface area contributed by atoms with Gasteiger partial charge >= 0.3 is 0 Å². The molecule has 0 saturated heterocycles. The number of aliphatic hydroxyl groups is 2. The molecule has 0 fully saturated rings. The van der Waals surface area contributed by atoms with Crippen LogP contribution in [0.5, 0.6) is 0 Å². The van der Waals surface area contributed by atoms with E-state index in [1.54, 1.807) is 0 Å². The SMILES string of the molecule is CCCCC(C)C(O)CC(O)CC. The lowest BCUT2D eigenvalue weighted by Gasteiger charge is -2.20. The fourth-order valence-electron chi connectivity index (χ4n) is 1.40. The van der Waals surface area contributed by atoms with Crippen molar-refractivity contribution in [2.75, 3.05) is 0 Å². The first-order chi connectivity index (χ1) is 6.11. The van der Waals surface area contributed by atoms with E-state index in [1.807, 2.05) is 6.92 Å². The first kappa shape index (κ1) is 12.9. The lowest BCUT2D eigenvalue weighted by atomic mass is 9.93. The standard InChI is InChI=1S/C11H24O2/c1-4-6-7-9(3)11(13)8-10(12)5-2/h9-13H,4-8H2,1-3H3. The van der Waals surface area contributed by atoms with Crippen LogP contribution in [-0.4, -0.2) is 22.4 Å². The van der Waals surface area contributed by atoms with Crippen LogP contribution in [0.25, 0.3) is 0 Å². The Labute approximate surface area is 82.0 Å². The first-order valence-corrected chi connectivity index (χ1v) is 5.47. The molecule has 0 saturated carbocycles. The van der Waals surface area contributed by atoms with Gasteiger partial charge in [0, 0.05) is 0 Å². The number of hydrogen-bond acceptors (Lipinski definition) is 2. The maximum absolute atomic E-state index is 9.69. The third-order valence-corrected chi connectivity index (χ3v) is 2.65. The van der Waals surface area contributed by atoms with Gasteiger partial charge in [-0.25, -0.2) is 0 Å². The average Bonchev–Trinajstić information content (AvgIpc) is 2.13. The molecule has 2 heteroatoms. The molecular formula is C11H24O2. The van der Waals surface area contributed by atoms with Crippen LogP contribution in [0.4, 0.5) is 0 Å². The number of unbranched alkanes of at least 4 members (excludes halogenated alkanes) is 1. The molecule has 0 bridgehead atoms. The molecule has 0 aliphatic heterocycles. The molecule has 0 aromatic rings. The van der Waals surface area contributed by atoms with Gasteiger partial charge in [0.2, 0.25) is 0 Å². The minimum atomic E-state index is -0.334.